The van der Waals surface area contributed by atoms with Gasteiger partial charge in [0.2, 0.25) is 0 Å². The molecule has 5 rings (SSSR count). The van der Waals surface area contributed by atoms with Crippen molar-refractivity contribution in [3.8, 4) is 5.75 Å². The minimum Gasteiger partial charge on any atom is -0.497 e. The first-order chi connectivity index (χ1) is 11.5. The van der Waals surface area contributed by atoms with Crippen molar-refractivity contribution in [2.75, 3.05) is 7.11 Å². The van der Waals surface area contributed by atoms with E-state index < -0.39 is 11.7 Å². The van der Waals surface area contributed by atoms with Crippen molar-refractivity contribution < 1.29 is 14.9 Å². The molecule has 2 bridgehead atoms. The fourth-order valence-corrected chi connectivity index (χ4v) is 6.81. The minimum absolute atomic E-state index is 0.0539. The average Bonchev–Trinajstić information content (AvgIpc) is 2.93. The Morgan fingerprint density at radius 2 is 2.04 bits per heavy atom. The standard InChI is InChI=1S/C21H26O3/c1-19-8-7-16-15-5-4-14(24-2)11-13(15)3-6-17(16)20(19)9-10-21(19,23)18(22)12-20/h4-5,9-11,16-18,22-23H,3,6-8,12H2,1-2H3/t16?,17?,18?,19?,20-,21-/m0/s1. The van der Waals surface area contributed by atoms with Crippen molar-refractivity contribution in [2.45, 2.75) is 56.7 Å². The number of aryl methyl sites for hydroxylation is 1. The number of ether oxygens (including phenoxy) is 1. The van der Waals surface area contributed by atoms with Crippen LogP contribution in [0.4, 0.5) is 0 Å². The molecule has 6 atom stereocenters. The van der Waals surface area contributed by atoms with Crippen LogP contribution in [-0.4, -0.2) is 29.0 Å². The smallest absolute Gasteiger partial charge is 0.119 e. The van der Waals surface area contributed by atoms with Gasteiger partial charge in [0.05, 0.1) is 13.2 Å². The van der Waals surface area contributed by atoms with Crippen LogP contribution in [0.25, 0.3) is 0 Å². The Hall–Kier alpha value is -1.32. The van der Waals surface area contributed by atoms with Gasteiger partial charge >= 0.3 is 0 Å². The van der Waals surface area contributed by atoms with Crippen molar-refractivity contribution in [3.63, 3.8) is 0 Å². The van der Waals surface area contributed by atoms with E-state index in [1.807, 2.05) is 6.08 Å². The number of aliphatic hydroxyl groups is 2. The normalized spacial score (nSPS) is 47.9. The summed E-state index contributed by atoms with van der Waals surface area (Å²) in [6.45, 7) is 2.21. The molecule has 4 aliphatic rings. The molecule has 0 saturated heterocycles. The first-order valence-electron chi connectivity index (χ1n) is 9.23. The van der Waals surface area contributed by atoms with E-state index in [0.29, 0.717) is 18.3 Å². The van der Waals surface area contributed by atoms with Crippen LogP contribution in [0.5, 0.6) is 5.75 Å². The number of fused-ring (bicyclic) bond motifs is 3. The summed E-state index contributed by atoms with van der Waals surface area (Å²) in [5.74, 6) is 1.99. The lowest BCUT2D eigenvalue weighted by Gasteiger charge is -2.56. The second-order valence-corrected chi connectivity index (χ2v) is 8.61. The zero-order chi connectivity index (χ0) is 16.7. The van der Waals surface area contributed by atoms with Gasteiger partial charge in [-0.15, -0.1) is 0 Å². The molecular formula is C21H26O3. The molecular weight excluding hydrogens is 300 g/mol. The quantitative estimate of drug-likeness (QED) is 0.779. The van der Waals surface area contributed by atoms with E-state index in [4.69, 9.17) is 4.74 Å². The molecule has 0 radical (unpaired) electrons. The summed E-state index contributed by atoms with van der Waals surface area (Å²) in [5, 5.41) is 21.8. The molecule has 0 heterocycles. The Balaban J connectivity index is 1.61. The minimum atomic E-state index is -1.03. The van der Waals surface area contributed by atoms with E-state index in [2.05, 4.69) is 31.2 Å². The predicted molar refractivity (Wildman–Crippen MR) is 92.0 cm³/mol. The molecule has 3 nitrogen and oxygen atoms in total. The van der Waals surface area contributed by atoms with Crippen LogP contribution >= 0.6 is 0 Å². The molecule has 0 amide bonds. The lowest BCUT2D eigenvalue weighted by molar-refractivity contribution is -0.112. The fourth-order valence-electron chi connectivity index (χ4n) is 6.81. The van der Waals surface area contributed by atoms with E-state index in [9.17, 15) is 10.2 Å². The van der Waals surface area contributed by atoms with Gasteiger partial charge in [0, 0.05) is 10.8 Å². The highest BCUT2D eigenvalue weighted by molar-refractivity contribution is 5.45. The van der Waals surface area contributed by atoms with Crippen LogP contribution in [0.1, 0.15) is 49.7 Å². The maximum atomic E-state index is 11.2. The summed E-state index contributed by atoms with van der Waals surface area (Å²) in [7, 11) is 1.72. The third-order valence-electron chi connectivity index (χ3n) is 8.16. The van der Waals surface area contributed by atoms with Crippen molar-refractivity contribution in [3.05, 3.63) is 41.5 Å². The monoisotopic (exact) mass is 326 g/mol. The number of allylic oxidation sites excluding steroid dienone is 1. The van der Waals surface area contributed by atoms with Crippen LogP contribution in [0.15, 0.2) is 30.4 Å². The highest BCUT2D eigenvalue weighted by Gasteiger charge is 2.74. The molecule has 4 aliphatic carbocycles. The molecule has 24 heavy (non-hydrogen) atoms. The predicted octanol–water partition coefficient (Wildman–Crippen LogP) is 3.19. The Morgan fingerprint density at radius 3 is 2.79 bits per heavy atom. The number of rotatable bonds is 1. The summed E-state index contributed by atoms with van der Waals surface area (Å²) in [4.78, 5) is 0. The van der Waals surface area contributed by atoms with Crippen LogP contribution in [0.2, 0.25) is 0 Å². The van der Waals surface area contributed by atoms with Gasteiger partial charge in [-0.25, -0.2) is 0 Å². The van der Waals surface area contributed by atoms with E-state index in [0.717, 1.165) is 31.4 Å². The van der Waals surface area contributed by atoms with Crippen molar-refractivity contribution in [1.82, 2.24) is 0 Å². The van der Waals surface area contributed by atoms with Crippen LogP contribution in [0, 0.1) is 16.7 Å². The Morgan fingerprint density at radius 1 is 1.21 bits per heavy atom. The molecule has 0 spiro atoms. The van der Waals surface area contributed by atoms with E-state index in [1.165, 1.54) is 11.1 Å². The average molecular weight is 326 g/mol. The second kappa shape index (κ2) is 4.44. The van der Waals surface area contributed by atoms with Gasteiger partial charge in [0.15, 0.2) is 0 Å². The number of hydrogen-bond donors (Lipinski definition) is 2. The molecule has 2 N–H and O–H groups in total. The topological polar surface area (TPSA) is 49.7 Å². The van der Waals surface area contributed by atoms with Gasteiger partial charge < -0.3 is 14.9 Å². The van der Waals surface area contributed by atoms with Gasteiger partial charge in [0.1, 0.15) is 11.4 Å². The van der Waals surface area contributed by atoms with Gasteiger partial charge in [-0.1, -0.05) is 25.1 Å². The van der Waals surface area contributed by atoms with Crippen LogP contribution < -0.4 is 4.74 Å². The molecule has 0 aliphatic heterocycles. The Kier molecular flexibility index (Phi) is 2.77. The highest BCUT2D eigenvalue weighted by atomic mass is 16.5. The summed E-state index contributed by atoms with van der Waals surface area (Å²) >= 11 is 0. The van der Waals surface area contributed by atoms with Crippen LogP contribution in [0.3, 0.4) is 0 Å². The van der Waals surface area contributed by atoms with Crippen molar-refractivity contribution in [2.24, 2.45) is 16.7 Å². The third kappa shape index (κ3) is 1.44. The summed E-state index contributed by atoms with van der Waals surface area (Å²) in [5.41, 5.74) is 1.59. The molecule has 2 saturated carbocycles. The number of methoxy groups -OCH3 is 1. The maximum Gasteiger partial charge on any atom is 0.119 e. The Bertz CT molecular complexity index is 741. The van der Waals surface area contributed by atoms with Gasteiger partial charge in [-0.3, -0.25) is 0 Å². The molecule has 1 aromatic rings. The van der Waals surface area contributed by atoms with Gasteiger partial charge in [-0.2, -0.15) is 0 Å². The number of aliphatic hydroxyl groups excluding tert-OH is 1. The van der Waals surface area contributed by atoms with E-state index in [-0.39, 0.29) is 10.8 Å². The first kappa shape index (κ1) is 15.0. The summed E-state index contributed by atoms with van der Waals surface area (Å²) in [6.07, 6.45) is 8.55. The van der Waals surface area contributed by atoms with Gasteiger partial charge in [-0.05, 0) is 67.2 Å². The summed E-state index contributed by atoms with van der Waals surface area (Å²) < 4.78 is 5.40. The van der Waals surface area contributed by atoms with Crippen LogP contribution in [-0.2, 0) is 6.42 Å². The van der Waals surface area contributed by atoms with E-state index >= 15 is 0 Å². The molecule has 2 fully saturated rings. The van der Waals surface area contributed by atoms with Crippen molar-refractivity contribution >= 4 is 0 Å². The van der Waals surface area contributed by atoms with Gasteiger partial charge in [0.25, 0.3) is 0 Å². The van der Waals surface area contributed by atoms with Crippen molar-refractivity contribution in [1.29, 1.82) is 0 Å². The maximum absolute atomic E-state index is 11.2. The number of hydrogen-bond acceptors (Lipinski definition) is 3. The third-order valence-corrected chi connectivity index (χ3v) is 8.16. The molecule has 128 valence electrons. The molecule has 0 aromatic heterocycles. The first-order valence-corrected chi connectivity index (χ1v) is 9.23. The summed E-state index contributed by atoms with van der Waals surface area (Å²) in [6, 6.07) is 6.53. The SMILES string of the molecule is COc1ccc2c(c1)CCC1C2CCC2(C)[C@]13C=C[C@]2(O)C(O)C3. The Labute approximate surface area is 143 Å². The lowest BCUT2D eigenvalue weighted by Crippen LogP contribution is -2.53. The van der Waals surface area contributed by atoms with E-state index in [1.54, 1.807) is 7.11 Å². The fraction of sp³-hybridized carbons (Fsp3) is 0.619. The number of benzene rings is 1. The zero-order valence-electron chi connectivity index (χ0n) is 14.5. The highest BCUT2D eigenvalue weighted by Crippen LogP contribution is 2.74. The molecule has 4 unspecified atom stereocenters. The lowest BCUT2D eigenvalue weighted by atomic mass is 9.48. The largest absolute Gasteiger partial charge is 0.497 e. The molecule has 1 aromatic carbocycles. The second-order valence-electron chi connectivity index (χ2n) is 8.61. The molecule has 3 heteroatoms. The zero-order valence-corrected chi connectivity index (χ0v) is 14.5.